The van der Waals surface area contributed by atoms with E-state index in [1.165, 1.54) is 6.42 Å². The first-order chi connectivity index (χ1) is 11.7. The number of H-pyrrole nitrogens is 1. The summed E-state index contributed by atoms with van der Waals surface area (Å²) < 4.78 is 0. The molecule has 3 rings (SSSR count). The van der Waals surface area contributed by atoms with E-state index in [-0.39, 0.29) is 12.1 Å². The monoisotopic (exact) mass is 329 g/mol. The summed E-state index contributed by atoms with van der Waals surface area (Å²) in [5.41, 5.74) is 1.94. The molecule has 0 atom stereocenters. The van der Waals surface area contributed by atoms with Gasteiger partial charge in [-0.1, -0.05) is 19.1 Å². The second-order valence-corrected chi connectivity index (χ2v) is 6.62. The van der Waals surface area contributed by atoms with Gasteiger partial charge in [0.25, 0.3) is 0 Å². The van der Waals surface area contributed by atoms with Crippen molar-refractivity contribution >= 4 is 17.1 Å². The minimum atomic E-state index is -0.0237. The van der Waals surface area contributed by atoms with Crippen LogP contribution in [0.25, 0.3) is 11.0 Å². The lowest BCUT2D eigenvalue weighted by atomic mass is 10.1. The number of amides is 2. The highest BCUT2D eigenvalue weighted by atomic mass is 16.2. The lowest BCUT2D eigenvalue weighted by molar-refractivity contribution is 0.176. The van der Waals surface area contributed by atoms with Gasteiger partial charge >= 0.3 is 6.03 Å². The quantitative estimate of drug-likeness (QED) is 0.886. The molecule has 6 heteroatoms. The van der Waals surface area contributed by atoms with E-state index in [4.69, 9.17) is 0 Å². The fourth-order valence-corrected chi connectivity index (χ4v) is 3.28. The molecule has 2 heterocycles. The van der Waals surface area contributed by atoms with Crippen molar-refractivity contribution in [2.24, 2.45) is 0 Å². The molecular weight excluding hydrogens is 302 g/mol. The van der Waals surface area contributed by atoms with E-state index in [9.17, 15) is 4.79 Å². The van der Waals surface area contributed by atoms with Gasteiger partial charge in [0, 0.05) is 26.2 Å². The lowest BCUT2D eigenvalue weighted by Gasteiger charge is -2.32. The van der Waals surface area contributed by atoms with E-state index in [0.29, 0.717) is 6.54 Å². The van der Waals surface area contributed by atoms with Crippen molar-refractivity contribution in [1.82, 2.24) is 25.1 Å². The van der Waals surface area contributed by atoms with Gasteiger partial charge in [-0.3, -0.25) is 0 Å². The van der Waals surface area contributed by atoms with E-state index in [1.54, 1.807) is 4.90 Å². The summed E-state index contributed by atoms with van der Waals surface area (Å²) in [7, 11) is 1.81. The predicted molar refractivity (Wildman–Crippen MR) is 95.8 cm³/mol. The van der Waals surface area contributed by atoms with E-state index < -0.39 is 0 Å². The van der Waals surface area contributed by atoms with E-state index in [0.717, 1.165) is 49.3 Å². The molecule has 6 nitrogen and oxygen atoms in total. The Bertz CT molecular complexity index is 642. The van der Waals surface area contributed by atoms with Crippen LogP contribution in [0.15, 0.2) is 24.3 Å². The largest absolute Gasteiger partial charge is 0.340 e. The van der Waals surface area contributed by atoms with Crippen LogP contribution in [0.4, 0.5) is 4.79 Å². The Hall–Kier alpha value is -2.08. The average molecular weight is 329 g/mol. The molecule has 130 valence electrons. The summed E-state index contributed by atoms with van der Waals surface area (Å²) in [6, 6.07) is 8.17. The highest BCUT2D eigenvalue weighted by Gasteiger charge is 2.21. The van der Waals surface area contributed by atoms with E-state index in [1.807, 2.05) is 31.3 Å². The summed E-state index contributed by atoms with van der Waals surface area (Å²) in [5, 5.41) is 3.15. The smallest absolute Gasteiger partial charge is 0.317 e. The molecule has 0 saturated carbocycles. The number of hydrogen-bond acceptors (Lipinski definition) is 3. The fraction of sp³-hybridized carbons (Fsp3) is 0.556. The number of aromatic nitrogens is 2. The van der Waals surface area contributed by atoms with Gasteiger partial charge in [-0.25, -0.2) is 9.78 Å². The van der Waals surface area contributed by atoms with E-state index >= 15 is 0 Å². The number of urea groups is 1. The second kappa shape index (κ2) is 7.66. The van der Waals surface area contributed by atoms with Gasteiger partial charge in [0.1, 0.15) is 5.82 Å². The number of likely N-dealkylation sites (tertiary alicyclic amines) is 1. The third kappa shape index (κ3) is 4.06. The van der Waals surface area contributed by atoms with Crippen molar-refractivity contribution in [3.8, 4) is 0 Å². The van der Waals surface area contributed by atoms with Crippen LogP contribution in [0.2, 0.25) is 0 Å². The maximum atomic E-state index is 12.4. The van der Waals surface area contributed by atoms with Crippen LogP contribution < -0.4 is 5.32 Å². The number of fused-ring (bicyclic) bond motifs is 1. The van der Waals surface area contributed by atoms with Gasteiger partial charge in [-0.2, -0.15) is 0 Å². The molecule has 1 saturated heterocycles. The Morgan fingerprint density at radius 3 is 2.83 bits per heavy atom. The summed E-state index contributed by atoms with van der Waals surface area (Å²) >= 11 is 0. The molecular formula is C18H27N5O. The van der Waals surface area contributed by atoms with Crippen LogP contribution in [0, 0.1) is 0 Å². The number of piperidine rings is 1. The molecule has 2 aromatic rings. The van der Waals surface area contributed by atoms with Gasteiger partial charge < -0.3 is 20.1 Å². The second-order valence-electron chi connectivity index (χ2n) is 6.62. The number of nitrogens with zero attached hydrogens (tertiary/aromatic N) is 3. The molecule has 2 amide bonds. The topological polar surface area (TPSA) is 64.3 Å². The highest BCUT2D eigenvalue weighted by molar-refractivity contribution is 5.76. The molecule has 1 fully saturated rings. The number of hydrogen-bond donors (Lipinski definition) is 2. The van der Waals surface area contributed by atoms with Gasteiger partial charge in [-0.15, -0.1) is 0 Å². The first-order valence-corrected chi connectivity index (χ1v) is 8.83. The SMILES string of the molecule is CCCN1CCC(NC(=O)N(C)Cc2nc3ccccc3[nH]2)CC1. The maximum absolute atomic E-state index is 12.4. The molecule has 1 aliphatic rings. The molecule has 0 spiro atoms. The molecule has 2 N–H and O–H groups in total. The molecule has 1 aromatic heterocycles. The molecule has 0 unspecified atom stereocenters. The number of aromatic amines is 1. The highest BCUT2D eigenvalue weighted by Crippen LogP contribution is 2.13. The maximum Gasteiger partial charge on any atom is 0.317 e. The number of rotatable bonds is 5. The van der Waals surface area contributed by atoms with Crippen LogP contribution in [-0.2, 0) is 6.54 Å². The molecule has 1 aliphatic heterocycles. The minimum Gasteiger partial charge on any atom is -0.340 e. The van der Waals surface area contributed by atoms with Gasteiger partial charge in [-0.05, 0) is 37.9 Å². The van der Waals surface area contributed by atoms with Crippen LogP contribution in [-0.4, -0.2) is 58.5 Å². The third-order valence-electron chi connectivity index (χ3n) is 4.63. The van der Waals surface area contributed by atoms with Gasteiger partial charge in [0.2, 0.25) is 0 Å². The summed E-state index contributed by atoms with van der Waals surface area (Å²) in [4.78, 5) is 24.4. The zero-order valence-corrected chi connectivity index (χ0v) is 14.6. The fourth-order valence-electron chi connectivity index (χ4n) is 3.28. The summed E-state index contributed by atoms with van der Waals surface area (Å²) in [6.45, 7) is 6.00. The Labute approximate surface area is 143 Å². The number of carbonyl (C=O) groups excluding carboxylic acids is 1. The van der Waals surface area contributed by atoms with Crippen LogP contribution in [0.1, 0.15) is 32.0 Å². The molecule has 0 bridgehead atoms. The normalized spacial score (nSPS) is 16.4. The molecule has 24 heavy (non-hydrogen) atoms. The zero-order chi connectivity index (χ0) is 16.9. The van der Waals surface area contributed by atoms with Crippen molar-refractivity contribution in [3.63, 3.8) is 0 Å². The Morgan fingerprint density at radius 1 is 1.38 bits per heavy atom. The summed E-state index contributed by atoms with van der Waals surface area (Å²) in [5.74, 6) is 0.812. The van der Waals surface area contributed by atoms with Crippen molar-refractivity contribution in [2.45, 2.75) is 38.8 Å². The number of benzene rings is 1. The number of carbonyl (C=O) groups is 1. The van der Waals surface area contributed by atoms with Crippen LogP contribution >= 0.6 is 0 Å². The average Bonchev–Trinajstić information content (AvgIpc) is 2.99. The first-order valence-electron chi connectivity index (χ1n) is 8.83. The Morgan fingerprint density at radius 2 is 2.12 bits per heavy atom. The summed E-state index contributed by atoms with van der Waals surface area (Å²) in [6.07, 6.45) is 3.26. The Kier molecular flexibility index (Phi) is 5.35. The minimum absolute atomic E-state index is 0.0237. The van der Waals surface area contributed by atoms with Gasteiger partial charge in [0.05, 0.1) is 17.6 Å². The predicted octanol–water partition coefficient (Wildman–Crippen LogP) is 2.58. The van der Waals surface area contributed by atoms with Gasteiger partial charge in [0.15, 0.2) is 0 Å². The van der Waals surface area contributed by atoms with Crippen molar-refractivity contribution in [1.29, 1.82) is 0 Å². The number of imidazole rings is 1. The first kappa shape index (κ1) is 16.8. The standard InChI is InChI=1S/C18H27N5O/c1-3-10-23-11-8-14(9-12-23)19-18(24)22(2)13-17-20-15-6-4-5-7-16(15)21-17/h4-7,14H,3,8-13H2,1-2H3,(H,19,24)(H,20,21). The molecule has 1 aromatic carbocycles. The zero-order valence-electron chi connectivity index (χ0n) is 14.6. The third-order valence-corrected chi connectivity index (χ3v) is 4.63. The Balaban J connectivity index is 1.50. The van der Waals surface area contributed by atoms with Crippen molar-refractivity contribution < 1.29 is 4.79 Å². The molecule has 0 aliphatic carbocycles. The van der Waals surface area contributed by atoms with Crippen LogP contribution in [0.3, 0.4) is 0 Å². The van der Waals surface area contributed by atoms with Crippen molar-refractivity contribution in [2.75, 3.05) is 26.7 Å². The molecule has 0 radical (unpaired) electrons. The number of para-hydroxylation sites is 2. The van der Waals surface area contributed by atoms with E-state index in [2.05, 4.69) is 27.1 Å². The van der Waals surface area contributed by atoms with Crippen LogP contribution in [0.5, 0.6) is 0 Å². The number of nitrogens with one attached hydrogen (secondary N) is 2. The lowest BCUT2D eigenvalue weighted by Crippen LogP contribution is -2.48. The van der Waals surface area contributed by atoms with Crippen molar-refractivity contribution in [3.05, 3.63) is 30.1 Å².